The van der Waals surface area contributed by atoms with Crippen LogP contribution < -0.4 is 14.7 Å². The second kappa shape index (κ2) is 11.2. The molecule has 1 saturated heterocycles. The number of alkyl halides is 3. The summed E-state index contributed by atoms with van der Waals surface area (Å²) in [5.74, 6) is -1.22. The van der Waals surface area contributed by atoms with Crippen molar-refractivity contribution in [2.24, 2.45) is 5.92 Å². The molecule has 0 aliphatic carbocycles. The Labute approximate surface area is 262 Å². The quantitative estimate of drug-likeness (QED) is 0.387. The average Bonchev–Trinajstić information content (AvgIpc) is 3.52. The van der Waals surface area contributed by atoms with E-state index in [-0.39, 0.29) is 43.0 Å². The van der Waals surface area contributed by atoms with Crippen molar-refractivity contribution in [2.75, 3.05) is 28.3 Å². The van der Waals surface area contributed by atoms with E-state index in [4.69, 9.17) is 16.6 Å². The number of benzene rings is 1. The van der Waals surface area contributed by atoms with Crippen LogP contribution in [0.4, 0.5) is 30.4 Å². The minimum atomic E-state index is -4.66. The summed E-state index contributed by atoms with van der Waals surface area (Å²) in [6, 6.07) is 5.72. The topological polar surface area (TPSA) is 94.9 Å². The Kier molecular flexibility index (Phi) is 7.62. The number of hydrogen-bond acceptors (Lipinski definition) is 6. The summed E-state index contributed by atoms with van der Waals surface area (Å²) in [6.45, 7) is 8.29. The summed E-state index contributed by atoms with van der Waals surface area (Å²) in [6.07, 6.45) is -1.53. The number of halogens is 4. The second-order valence-corrected chi connectivity index (χ2v) is 12.1. The van der Waals surface area contributed by atoms with Gasteiger partial charge in [0.25, 0.3) is 0 Å². The minimum absolute atomic E-state index is 0.0640. The van der Waals surface area contributed by atoms with E-state index in [1.807, 2.05) is 22.6 Å². The lowest BCUT2D eigenvalue weighted by Gasteiger charge is -2.39. The van der Waals surface area contributed by atoms with E-state index in [9.17, 15) is 27.6 Å². The maximum atomic E-state index is 14.1. The van der Waals surface area contributed by atoms with Crippen molar-refractivity contribution < 1.29 is 27.6 Å². The Bertz CT molecular complexity index is 1720. The van der Waals surface area contributed by atoms with Gasteiger partial charge in [-0.2, -0.15) is 13.2 Å². The van der Waals surface area contributed by atoms with Crippen LogP contribution in [0.3, 0.4) is 0 Å². The average molecular weight is 642 g/mol. The van der Waals surface area contributed by atoms with Gasteiger partial charge in [-0.1, -0.05) is 24.2 Å². The molecule has 3 amide bonds. The van der Waals surface area contributed by atoms with Crippen LogP contribution in [0.5, 0.6) is 0 Å². The molecule has 3 aliphatic heterocycles. The molecule has 3 atom stereocenters. The highest BCUT2D eigenvalue weighted by Crippen LogP contribution is 2.43. The number of rotatable bonds is 4. The number of fused-ring (bicyclic) bond motifs is 3. The van der Waals surface area contributed by atoms with E-state index in [1.54, 1.807) is 30.1 Å². The molecular formula is C31H31ClF3N7O3. The molecule has 0 N–H and O–H groups in total. The number of para-hydroxylation sites is 1. The third-order valence-electron chi connectivity index (χ3n) is 8.65. The van der Waals surface area contributed by atoms with Gasteiger partial charge in [-0.15, -0.1) is 0 Å². The van der Waals surface area contributed by atoms with Crippen molar-refractivity contribution in [1.29, 1.82) is 0 Å². The number of imidazole rings is 1. The van der Waals surface area contributed by atoms with E-state index in [2.05, 4.69) is 11.6 Å². The zero-order valence-corrected chi connectivity index (χ0v) is 25.6. The van der Waals surface area contributed by atoms with Crippen LogP contribution in [0.15, 0.2) is 49.2 Å². The van der Waals surface area contributed by atoms with Gasteiger partial charge < -0.3 is 19.3 Å². The smallest absolute Gasteiger partial charge is 0.362 e. The van der Waals surface area contributed by atoms with Crippen LogP contribution in [0.1, 0.15) is 36.1 Å². The summed E-state index contributed by atoms with van der Waals surface area (Å²) in [5, 5.41) is 0.391. The maximum absolute atomic E-state index is 14.1. The van der Waals surface area contributed by atoms with Gasteiger partial charge in [-0.05, 0) is 44.2 Å². The SMILES string of the molecule is C=CC(=O)N1Cc2nc(CN3C[C@H]4CC(=O)N(c5cc(C(F)(F)F)cc(C)n5)[C@@H]4C(=O)N(C)c4cccc(Cl)c43)cn2C[C@H]1C. The number of anilines is 3. The molecular weight excluding hydrogens is 611 g/mol. The normalized spacial score (nSPS) is 21.7. The van der Waals surface area contributed by atoms with Crippen LogP contribution in [-0.4, -0.2) is 62.8 Å². The number of pyridine rings is 1. The number of hydrogen-bond donors (Lipinski definition) is 0. The first-order valence-electron chi connectivity index (χ1n) is 14.4. The summed E-state index contributed by atoms with van der Waals surface area (Å²) in [7, 11) is 1.56. The summed E-state index contributed by atoms with van der Waals surface area (Å²) in [5.41, 5.74) is 0.887. The molecule has 5 heterocycles. The Morgan fingerprint density at radius 1 is 1.18 bits per heavy atom. The second-order valence-electron chi connectivity index (χ2n) is 11.7. The Morgan fingerprint density at radius 2 is 1.93 bits per heavy atom. The first-order valence-corrected chi connectivity index (χ1v) is 14.8. The summed E-state index contributed by atoms with van der Waals surface area (Å²) >= 11 is 6.75. The first-order chi connectivity index (χ1) is 21.3. The fourth-order valence-electron chi connectivity index (χ4n) is 6.58. The zero-order valence-electron chi connectivity index (χ0n) is 24.9. The third kappa shape index (κ3) is 5.43. The van der Waals surface area contributed by atoms with Gasteiger partial charge in [0.2, 0.25) is 17.7 Å². The van der Waals surface area contributed by atoms with Crippen molar-refractivity contribution in [3.63, 3.8) is 0 Å². The van der Waals surface area contributed by atoms with E-state index in [0.29, 0.717) is 41.0 Å². The van der Waals surface area contributed by atoms with Gasteiger partial charge in [0, 0.05) is 50.4 Å². The molecule has 0 radical (unpaired) electrons. The molecule has 0 saturated carbocycles. The predicted molar refractivity (Wildman–Crippen MR) is 162 cm³/mol. The number of aryl methyl sites for hydroxylation is 1. The molecule has 1 fully saturated rings. The maximum Gasteiger partial charge on any atom is 0.416 e. The molecule has 45 heavy (non-hydrogen) atoms. The minimum Gasteiger partial charge on any atom is -0.362 e. The zero-order chi connectivity index (χ0) is 32.4. The van der Waals surface area contributed by atoms with Crippen LogP contribution in [0.2, 0.25) is 5.02 Å². The lowest BCUT2D eigenvalue weighted by atomic mass is 9.95. The Hall–Kier alpha value is -4.39. The van der Waals surface area contributed by atoms with Crippen LogP contribution >= 0.6 is 11.6 Å². The van der Waals surface area contributed by atoms with Gasteiger partial charge in [0.1, 0.15) is 17.7 Å². The van der Waals surface area contributed by atoms with Crippen molar-refractivity contribution in [3.8, 4) is 0 Å². The van der Waals surface area contributed by atoms with Gasteiger partial charge in [0.15, 0.2) is 0 Å². The molecule has 10 nitrogen and oxygen atoms in total. The molecule has 0 bridgehead atoms. The molecule has 0 unspecified atom stereocenters. The van der Waals surface area contributed by atoms with Crippen LogP contribution in [0, 0.1) is 12.8 Å². The number of aromatic nitrogens is 3. The molecule has 236 valence electrons. The Balaban J connectivity index is 1.39. The van der Waals surface area contributed by atoms with Gasteiger partial charge in [0.05, 0.1) is 40.7 Å². The lowest BCUT2D eigenvalue weighted by Crippen LogP contribution is -2.52. The number of likely N-dealkylation sites (N-methyl/N-ethyl adjacent to an activating group) is 1. The summed E-state index contributed by atoms with van der Waals surface area (Å²) in [4.78, 5) is 55.2. The highest BCUT2D eigenvalue weighted by Gasteiger charge is 2.49. The number of carbonyl (C=O) groups is 3. The van der Waals surface area contributed by atoms with Crippen molar-refractivity contribution >= 4 is 46.5 Å². The molecule has 1 aromatic carbocycles. The number of amides is 3. The van der Waals surface area contributed by atoms with E-state index < -0.39 is 35.5 Å². The fraction of sp³-hybridized carbons (Fsp3) is 0.387. The molecule has 6 rings (SSSR count). The fourth-order valence-corrected chi connectivity index (χ4v) is 6.87. The van der Waals surface area contributed by atoms with Crippen molar-refractivity contribution in [1.82, 2.24) is 19.4 Å². The van der Waals surface area contributed by atoms with Crippen LogP contribution in [0.25, 0.3) is 0 Å². The highest BCUT2D eigenvalue weighted by atomic mass is 35.5. The molecule has 14 heteroatoms. The summed E-state index contributed by atoms with van der Waals surface area (Å²) < 4.78 is 43.1. The monoisotopic (exact) mass is 641 g/mol. The van der Waals surface area contributed by atoms with Gasteiger partial charge in [-0.25, -0.2) is 9.97 Å². The van der Waals surface area contributed by atoms with E-state index >= 15 is 0 Å². The predicted octanol–water partition coefficient (Wildman–Crippen LogP) is 4.58. The van der Waals surface area contributed by atoms with Gasteiger partial charge in [-0.3, -0.25) is 19.3 Å². The third-order valence-corrected chi connectivity index (χ3v) is 8.96. The Morgan fingerprint density at radius 3 is 2.64 bits per heavy atom. The van der Waals surface area contributed by atoms with Crippen molar-refractivity contribution in [3.05, 3.63) is 77.0 Å². The standard InChI is InChI=1S/C31H31ClF3N7O3/c1-5-26(43)41-16-25-37-21(14-39(25)12-18(41)3)15-40-13-19-10-27(44)42(24-11-20(31(33,34)35)9-17(2)36-24)28(19)30(45)38(4)23-8-6-7-22(32)29(23)40/h5-9,11,14,18-19,28H,1,10,12-13,15-16H2,2-4H3/t18-,19-,28+/m1/s1. The molecule has 0 spiro atoms. The van der Waals surface area contributed by atoms with E-state index in [0.717, 1.165) is 17.0 Å². The molecule has 2 aromatic heterocycles. The largest absolute Gasteiger partial charge is 0.416 e. The van der Waals surface area contributed by atoms with E-state index in [1.165, 1.54) is 17.9 Å². The molecule has 3 aliphatic rings. The van der Waals surface area contributed by atoms with Crippen LogP contribution in [-0.2, 0) is 40.2 Å². The molecule has 3 aromatic rings. The van der Waals surface area contributed by atoms with Crippen molar-refractivity contribution in [2.45, 2.75) is 58.2 Å². The number of nitrogens with zero attached hydrogens (tertiary/aromatic N) is 7. The van der Waals surface area contributed by atoms with Gasteiger partial charge >= 0.3 is 6.18 Å². The first kappa shape index (κ1) is 30.6. The lowest BCUT2D eigenvalue weighted by molar-refractivity contribution is -0.137. The highest BCUT2D eigenvalue weighted by molar-refractivity contribution is 6.34. The number of carbonyl (C=O) groups excluding carboxylic acids is 3.